The molecule has 2 saturated heterocycles. The van der Waals surface area contributed by atoms with E-state index in [4.69, 9.17) is 9.57 Å². The van der Waals surface area contributed by atoms with E-state index in [1.165, 1.54) is 45.1 Å². The fourth-order valence-electron chi connectivity index (χ4n) is 3.77. The SMILES string of the molecule is CC(C)(C)OC(=O)CON=C(C(=O)NC1C(=O)N2CC(CSc3nncs3)(C(=O)O)CS[C@H]12)c1csc(NC=O)n1. The Morgan fingerprint density at radius 1 is 1.34 bits per heavy atom. The molecule has 0 saturated carbocycles. The average molecular weight is 644 g/mol. The van der Waals surface area contributed by atoms with E-state index in [-0.39, 0.29) is 34.6 Å². The van der Waals surface area contributed by atoms with Gasteiger partial charge in [-0.2, -0.15) is 0 Å². The number of anilines is 1. The van der Waals surface area contributed by atoms with Gasteiger partial charge in [0.25, 0.3) is 5.91 Å². The fraction of sp³-hybridized carbons (Fsp3) is 0.500. The van der Waals surface area contributed by atoms with Crippen LogP contribution < -0.4 is 10.6 Å². The van der Waals surface area contributed by atoms with Crippen LogP contribution in [0.15, 0.2) is 20.4 Å². The van der Waals surface area contributed by atoms with Crippen LogP contribution in [-0.4, -0.2) is 103 Å². The lowest BCUT2D eigenvalue weighted by Gasteiger charge is -2.53. The number of esters is 1. The van der Waals surface area contributed by atoms with Crippen molar-refractivity contribution in [1.29, 1.82) is 0 Å². The molecule has 2 aromatic rings. The first-order valence-electron chi connectivity index (χ1n) is 11.9. The number of β-lactam (4-membered cyclic amide) rings is 1. The van der Waals surface area contributed by atoms with Crippen molar-refractivity contribution in [1.82, 2.24) is 25.4 Å². The highest BCUT2D eigenvalue weighted by molar-refractivity contribution is 8.01. The smallest absolute Gasteiger partial charge is 0.347 e. The summed E-state index contributed by atoms with van der Waals surface area (Å²) in [6.45, 7) is 4.44. The molecule has 4 heterocycles. The number of nitrogens with one attached hydrogen (secondary N) is 2. The summed E-state index contributed by atoms with van der Waals surface area (Å²) >= 11 is 4.85. The molecule has 3 N–H and O–H groups in total. The van der Waals surface area contributed by atoms with Gasteiger partial charge in [-0.1, -0.05) is 28.3 Å². The van der Waals surface area contributed by atoms with Gasteiger partial charge >= 0.3 is 11.9 Å². The number of aliphatic carboxylic acids is 1. The Bertz CT molecular complexity index is 1350. The molecule has 220 valence electrons. The summed E-state index contributed by atoms with van der Waals surface area (Å²) in [5, 5.41) is 27.6. The van der Waals surface area contributed by atoms with Gasteiger partial charge in [0.2, 0.25) is 18.9 Å². The molecular weight excluding hydrogens is 619 g/mol. The quantitative estimate of drug-likeness (QED) is 0.0735. The highest BCUT2D eigenvalue weighted by Crippen LogP contribution is 2.44. The molecule has 3 amide bonds. The van der Waals surface area contributed by atoms with Gasteiger partial charge in [0.15, 0.2) is 15.2 Å². The van der Waals surface area contributed by atoms with Gasteiger partial charge in [0, 0.05) is 23.4 Å². The molecule has 4 rings (SSSR count). The average Bonchev–Trinajstić information content (AvgIpc) is 3.60. The first kappa shape index (κ1) is 30.7. The number of ether oxygens (including phenoxy) is 1. The van der Waals surface area contributed by atoms with E-state index in [0.29, 0.717) is 10.7 Å². The van der Waals surface area contributed by atoms with Crippen molar-refractivity contribution in [2.45, 2.75) is 42.1 Å². The Morgan fingerprint density at radius 2 is 2.12 bits per heavy atom. The standard InChI is InChI=1S/C22H25N7O8S4/c1-21(2,3)37-12(31)4-36-28-13(11-5-38-19(25-11)23-9-30)15(32)26-14-16(33)29-6-22(18(34)35,7-39-17(14)29)8-40-20-27-24-10-41-20/h5,9-10,14,17H,4,6-8H2,1-3H3,(H,26,32)(H,34,35)(H,23,25,30)/t14?,17-,22?/m1/s1. The van der Waals surface area contributed by atoms with Gasteiger partial charge in [-0.05, 0) is 20.8 Å². The van der Waals surface area contributed by atoms with Crippen LogP contribution in [0.3, 0.4) is 0 Å². The molecule has 0 spiro atoms. The van der Waals surface area contributed by atoms with Gasteiger partial charge in [0.05, 0.1) is 0 Å². The number of thiazole rings is 1. The zero-order chi connectivity index (χ0) is 29.8. The van der Waals surface area contributed by atoms with E-state index < -0.39 is 52.8 Å². The van der Waals surface area contributed by atoms with Crippen LogP contribution in [0.25, 0.3) is 0 Å². The molecule has 41 heavy (non-hydrogen) atoms. The lowest BCUT2D eigenvalue weighted by molar-refractivity contribution is -0.160. The maximum atomic E-state index is 13.3. The fourth-order valence-corrected chi connectivity index (χ4v) is 7.77. The second-order valence-corrected chi connectivity index (χ2v) is 13.8. The highest BCUT2D eigenvalue weighted by atomic mass is 32.2. The summed E-state index contributed by atoms with van der Waals surface area (Å²) in [4.78, 5) is 71.9. The molecule has 0 aromatic carbocycles. The highest BCUT2D eigenvalue weighted by Gasteiger charge is 2.57. The third-order valence-corrected chi connectivity index (χ3v) is 10.1. The van der Waals surface area contributed by atoms with Crippen LogP contribution in [0.4, 0.5) is 5.13 Å². The maximum Gasteiger partial charge on any atom is 0.347 e. The number of carbonyl (C=O) groups is 5. The van der Waals surface area contributed by atoms with Crippen molar-refractivity contribution in [2.24, 2.45) is 10.6 Å². The van der Waals surface area contributed by atoms with E-state index in [1.807, 2.05) is 0 Å². The molecule has 0 aliphatic carbocycles. The van der Waals surface area contributed by atoms with E-state index in [2.05, 4.69) is 31.0 Å². The molecule has 2 aliphatic rings. The number of amides is 3. The van der Waals surface area contributed by atoms with Crippen molar-refractivity contribution in [3.8, 4) is 0 Å². The van der Waals surface area contributed by atoms with Crippen LogP contribution in [0.1, 0.15) is 26.5 Å². The molecule has 0 bridgehead atoms. The number of oxime groups is 1. The number of carboxylic acids is 1. The van der Waals surface area contributed by atoms with Crippen LogP contribution >= 0.6 is 46.2 Å². The van der Waals surface area contributed by atoms with E-state index in [9.17, 15) is 29.1 Å². The zero-order valence-corrected chi connectivity index (χ0v) is 25.2. The van der Waals surface area contributed by atoms with Crippen LogP contribution in [-0.2, 0) is 33.5 Å². The number of hydrogen-bond acceptors (Lipinski definition) is 15. The van der Waals surface area contributed by atoms with Crippen molar-refractivity contribution in [2.75, 3.05) is 30.0 Å². The predicted octanol–water partition coefficient (Wildman–Crippen LogP) is 0.889. The maximum absolute atomic E-state index is 13.3. The topological polar surface area (TPSA) is 202 Å². The first-order chi connectivity index (χ1) is 19.4. The molecule has 19 heteroatoms. The van der Waals surface area contributed by atoms with Crippen molar-refractivity contribution in [3.05, 3.63) is 16.6 Å². The lowest BCUT2D eigenvalue weighted by atomic mass is 9.89. The number of nitrogens with zero attached hydrogens (tertiary/aromatic N) is 5. The molecule has 2 fully saturated rings. The Balaban J connectivity index is 1.44. The minimum atomic E-state index is -1.20. The number of rotatable bonds is 12. The van der Waals surface area contributed by atoms with Crippen molar-refractivity contribution >= 4 is 87.2 Å². The third kappa shape index (κ3) is 7.32. The summed E-state index contributed by atoms with van der Waals surface area (Å²) in [7, 11) is 0. The number of carbonyl (C=O) groups excluding carboxylic acids is 4. The number of aromatic nitrogens is 3. The second kappa shape index (κ2) is 12.7. The second-order valence-electron chi connectivity index (χ2n) is 9.80. The van der Waals surface area contributed by atoms with Gasteiger partial charge in [-0.15, -0.1) is 33.3 Å². The van der Waals surface area contributed by atoms with Crippen molar-refractivity contribution in [3.63, 3.8) is 0 Å². The molecule has 2 aromatic heterocycles. The van der Waals surface area contributed by atoms with E-state index in [1.54, 1.807) is 26.3 Å². The summed E-state index contributed by atoms with van der Waals surface area (Å²) in [5.41, 5.74) is -0.687. The van der Waals surface area contributed by atoms with Crippen molar-refractivity contribution < 1.29 is 38.7 Å². The predicted molar refractivity (Wildman–Crippen MR) is 151 cm³/mol. The Hall–Kier alpha value is -3.29. The van der Waals surface area contributed by atoms with E-state index >= 15 is 0 Å². The van der Waals surface area contributed by atoms with Crippen LogP contribution in [0.5, 0.6) is 0 Å². The number of hydrogen-bond donors (Lipinski definition) is 3. The summed E-state index contributed by atoms with van der Waals surface area (Å²) in [6, 6.07) is -0.947. The Morgan fingerprint density at radius 3 is 2.78 bits per heavy atom. The largest absolute Gasteiger partial charge is 0.481 e. The molecular formula is C22H25N7O8S4. The molecule has 0 radical (unpaired) electrons. The summed E-state index contributed by atoms with van der Waals surface area (Å²) in [6.07, 6.45) is 0.421. The Labute approximate surface area is 249 Å². The number of fused-ring (bicyclic) bond motifs is 1. The molecule has 2 aliphatic heterocycles. The van der Waals surface area contributed by atoms with Crippen LogP contribution in [0, 0.1) is 5.41 Å². The molecule has 3 atom stereocenters. The monoisotopic (exact) mass is 643 g/mol. The Kier molecular flexibility index (Phi) is 9.50. The van der Waals surface area contributed by atoms with Gasteiger partial charge in [0.1, 0.15) is 33.6 Å². The zero-order valence-electron chi connectivity index (χ0n) is 21.9. The van der Waals surface area contributed by atoms with Gasteiger partial charge in [-0.3, -0.25) is 19.2 Å². The number of carboxylic acid groups (broad SMARTS) is 1. The molecule has 15 nitrogen and oxygen atoms in total. The first-order valence-corrected chi connectivity index (χ1v) is 15.6. The third-order valence-electron chi connectivity index (χ3n) is 5.60. The number of thioether (sulfide) groups is 2. The van der Waals surface area contributed by atoms with E-state index in [0.717, 1.165) is 11.3 Å². The summed E-state index contributed by atoms with van der Waals surface area (Å²) < 4.78 is 5.79. The minimum absolute atomic E-state index is 0.0240. The van der Waals surface area contributed by atoms with Crippen LogP contribution in [0.2, 0.25) is 0 Å². The lowest BCUT2D eigenvalue weighted by Crippen LogP contribution is -2.74. The van der Waals surface area contributed by atoms with Gasteiger partial charge in [-0.25, -0.2) is 9.78 Å². The van der Waals surface area contributed by atoms with Gasteiger partial charge < -0.3 is 30.2 Å². The summed E-state index contributed by atoms with van der Waals surface area (Å²) in [5.74, 6) is -2.58. The minimum Gasteiger partial charge on any atom is -0.481 e. The normalized spacial score (nSPS) is 22.3. The molecule has 2 unspecified atom stereocenters.